The van der Waals surface area contributed by atoms with Crippen molar-refractivity contribution < 1.29 is 4.52 Å². The first kappa shape index (κ1) is 12.3. The Bertz CT molecular complexity index is 687. The van der Waals surface area contributed by atoms with Gasteiger partial charge in [0.1, 0.15) is 0 Å². The fourth-order valence-corrected chi connectivity index (χ4v) is 2.81. The molecule has 0 saturated heterocycles. The van der Waals surface area contributed by atoms with Gasteiger partial charge in [0.15, 0.2) is 5.82 Å². The third-order valence-corrected chi connectivity index (χ3v) is 3.81. The average molecular weight is 273 g/mol. The van der Waals surface area contributed by atoms with E-state index < -0.39 is 0 Å². The quantitative estimate of drug-likeness (QED) is 0.791. The van der Waals surface area contributed by atoms with Gasteiger partial charge < -0.3 is 9.84 Å². The number of nitrogens with zero attached hydrogens (tertiary/aromatic N) is 2. The summed E-state index contributed by atoms with van der Waals surface area (Å²) in [6.45, 7) is 4.81. The van der Waals surface area contributed by atoms with Crippen molar-refractivity contribution in [2.24, 2.45) is 0 Å². The smallest absolute Gasteiger partial charge is 0.259 e. The zero-order valence-electron chi connectivity index (χ0n) is 10.9. The number of nitrogens with one attached hydrogen (secondary N) is 1. The fraction of sp³-hybridized carbons (Fsp3) is 0.286. The lowest BCUT2D eigenvalue weighted by molar-refractivity contribution is 0.417. The Labute approximate surface area is 115 Å². The zero-order valence-corrected chi connectivity index (χ0v) is 11.7. The van der Waals surface area contributed by atoms with E-state index in [2.05, 4.69) is 46.8 Å². The largest absolute Gasteiger partial charge is 0.334 e. The number of aromatic nitrogens is 2. The summed E-state index contributed by atoms with van der Waals surface area (Å²) >= 11 is 1.69. The molecule has 5 heteroatoms. The minimum Gasteiger partial charge on any atom is -0.334 e. The van der Waals surface area contributed by atoms with Crippen LogP contribution in [-0.4, -0.2) is 16.2 Å². The lowest BCUT2D eigenvalue weighted by Gasteiger charge is -2.03. The normalized spacial score (nSPS) is 11.5. The molecule has 98 valence electrons. The van der Waals surface area contributed by atoms with Crippen LogP contribution in [0.5, 0.6) is 0 Å². The molecule has 3 aromatic rings. The lowest BCUT2D eigenvalue weighted by atomic mass is 10.2. The van der Waals surface area contributed by atoms with Crippen LogP contribution in [0.2, 0.25) is 0 Å². The Morgan fingerprint density at radius 2 is 2.16 bits per heavy atom. The van der Waals surface area contributed by atoms with E-state index in [0.717, 1.165) is 5.56 Å². The summed E-state index contributed by atoms with van der Waals surface area (Å²) < 4.78 is 6.59. The molecule has 0 saturated carbocycles. The lowest BCUT2D eigenvalue weighted by Crippen LogP contribution is -2.22. The molecule has 0 aliphatic heterocycles. The topological polar surface area (TPSA) is 51.0 Å². The van der Waals surface area contributed by atoms with Crippen molar-refractivity contribution in [2.75, 3.05) is 0 Å². The molecule has 0 bridgehead atoms. The minimum absolute atomic E-state index is 0.406. The van der Waals surface area contributed by atoms with Crippen LogP contribution in [0.15, 0.2) is 34.2 Å². The van der Waals surface area contributed by atoms with E-state index >= 15 is 0 Å². The molecule has 19 heavy (non-hydrogen) atoms. The minimum atomic E-state index is 0.406. The maximum atomic E-state index is 5.35. The van der Waals surface area contributed by atoms with Crippen molar-refractivity contribution in [3.63, 3.8) is 0 Å². The molecule has 1 N–H and O–H groups in total. The Morgan fingerprint density at radius 3 is 3.00 bits per heavy atom. The van der Waals surface area contributed by atoms with Crippen LogP contribution in [0.3, 0.4) is 0 Å². The van der Waals surface area contributed by atoms with Gasteiger partial charge >= 0.3 is 0 Å². The molecular formula is C14H15N3OS. The molecule has 1 aromatic carbocycles. The molecule has 0 amide bonds. The first-order valence-electron chi connectivity index (χ1n) is 6.26. The van der Waals surface area contributed by atoms with Crippen LogP contribution in [0.4, 0.5) is 0 Å². The second-order valence-corrected chi connectivity index (χ2v) is 5.61. The highest BCUT2D eigenvalue weighted by molar-refractivity contribution is 7.17. The third-order valence-electron chi connectivity index (χ3n) is 2.85. The van der Waals surface area contributed by atoms with Crippen LogP contribution < -0.4 is 5.32 Å². The Hall–Kier alpha value is -1.72. The van der Waals surface area contributed by atoms with Crippen LogP contribution >= 0.6 is 11.3 Å². The molecular weight excluding hydrogens is 258 g/mol. The predicted octanol–water partition coefficient (Wildman–Crippen LogP) is 3.45. The van der Waals surface area contributed by atoms with E-state index in [1.54, 1.807) is 11.3 Å². The van der Waals surface area contributed by atoms with Crippen molar-refractivity contribution in [3.05, 3.63) is 35.5 Å². The number of hydrogen-bond donors (Lipinski definition) is 1. The van der Waals surface area contributed by atoms with Gasteiger partial charge in [-0.25, -0.2) is 0 Å². The Kier molecular flexibility index (Phi) is 3.31. The van der Waals surface area contributed by atoms with E-state index in [9.17, 15) is 0 Å². The Balaban J connectivity index is 1.90. The van der Waals surface area contributed by atoms with Crippen molar-refractivity contribution in [1.82, 2.24) is 15.5 Å². The first-order valence-corrected chi connectivity index (χ1v) is 7.14. The van der Waals surface area contributed by atoms with Crippen molar-refractivity contribution >= 4 is 21.4 Å². The number of benzene rings is 1. The van der Waals surface area contributed by atoms with Gasteiger partial charge in [-0.15, -0.1) is 11.3 Å². The first-order chi connectivity index (χ1) is 9.24. The van der Waals surface area contributed by atoms with E-state index in [-0.39, 0.29) is 0 Å². The third kappa shape index (κ3) is 2.52. The second-order valence-electron chi connectivity index (χ2n) is 4.70. The molecule has 0 fully saturated rings. The van der Waals surface area contributed by atoms with Crippen LogP contribution in [0.25, 0.3) is 21.5 Å². The summed E-state index contributed by atoms with van der Waals surface area (Å²) in [5.74, 6) is 1.29. The molecule has 0 radical (unpaired) electrons. The summed E-state index contributed by atoms with van der Waals surface area (Å²) in [6.07, 6.45) is 0. The van der Waals surface area contributed by atoms with Crippen LogP contribution in [0, 0.1) is 0 Å². The van der Waals surface area contributed by atoms with Gasteiger partial charge in [0, 0.05) is 21.5 Å². The Morgan fingerprint density at radius 1 is 1.32 bits per heavy atom. The number of fused-ring (bicyclic) bond motifs is 1. The van der Waals surface area contributed by atoms with E-state index in [0.29, 0.717) is 24.3 Å². The van der Waals surface area contributed by atoms with Crippen molar-refractivity contribution in [1.29, 1.82) is 0 Å². The van der Waals surface area contributed by atoms with Gasteiger partial charge in [-0.1, -0.05) is 37.2 Å². The van der Waals surface area contributed by atoms with Crippen LogP contribution in [0.1, 0.15) is 19.7 Å². The monoisotopic (exact) mass is 273 g/mol. The number of rotatable bonds is 4. The van der Waals surface area contributed by atoms with Gasteiger partial charge in [-0.05, 0) is 6.07 Å². The van der Waals surface area contributed by atoms with Crippen molar-refractivity contribution in [2.45, 2.75) is 26.4 Å². The van der Waals surface area contributed by atoms with Crippen LogP contribution in [-0.2, 0) is 6.54 Å². The van der Waals surface area contributed by atoms with Gasteiger partial charge in [0.25, 0.3) is 5.89 Å². The standard InChI is InChI=1S/C14H15N3OS/c1-9(2)15-7-13-16-14(18-17-13)11-8-19-12-6-4-3-5-10(11)12/h3-6,8-9,15H,7H2,1-2H3. The second kappa shape index (κ2) is 5.11. The molecule has 3 rings (SSSR count). The number of thiophene rings is 1. The molecule has 2 aromatic heterocycles. The van der Waals surface area contributed by atoms with Gasteiger partial charge in [-0.2, -0.15) is 4.98 Å². The molecule has 0 aliphatic rings. The van der Waals surface area contributed by atoms with Crippen molar-refractivity contribution in [3.8, 4) is 11.5 Å². The molecule has 0 unspecified atom stereocenters. The van der Waals surface area contributed by atoms with Gasteiger partial charge in [0.05, 0.1) is 12.1 Å². The van der Waals surface area contributed by atoms with E-state index in [1.807, 2.05) is 12.1 Å². The SMILES string of the molecule is CC(C)NCc1noc(-c2csc3ccccc23)n1. The number of hydrogen-bond acceptors (Lipinski definition) is 5. The maximum Gasteiger partial charge on any atom is 0.259 e. The molecule has 2 heterocycles. The summed E-state index contributed by atoms with van der Waals surface area (Å²) in [5, 5.41) is 10.5. The van der Waals surface area contributed by atoms with Gasteiger partial charge in [-0.3, -0.25) is 0 Å². The highest BCUT2D eigenvalue weighted by Crippen LogP contribution is 2.32. The maximum absolute atomic E-state index is 5.35. The van der Waals surface area contributed by atoms with E-state index in [1.165, 1.54) is 10.1 Å². The summed E-state index contributed by atoms with van der Waals surface area (Å²) in [5.41, 5.74) is 1.02. The summed E-state index contributed by atoms with van der Waals surface area (Å²) in [7, 11) is 0. The predicted molar refractivity (Wildman–Crippen MR) is 77.1 cm³/mol. The molecule has 0 atom stereocenters. The fourth-order valence-electron chi connectivity index (χ4n) is 1.87. The highest BCUT2D eigenvalue weighted by atomic mass is 32.1. The summed E-state index contributed by atoms with van der Waals surface area (Å²) in [4.78, 5) is 4.44. The van der Waals surface area contributed by atoms with Gasteiger partial charge in [0.2, 0.25) is 0 Å². The zero-order chi connectivity index (χ0) is 13.2. The average Bonchev–Trinajstić information content (AvgIpc) is 3.02. The van der Waals surface area contributed by atoms with E-state index in [4.69, 9.17) is 4.52 Å². The molecule has 0 aliphatic carbocycles. The molecule has 4 nitrogen and oxygen atoms in total. The molecule has 0 spiro atoms. The highest BCUT2D eigenvalue weighted by Gasteiger charge is 2.13. The summed E-state index contributed by atoms with van der Waals surface area (Å²) in [6, 6.07) is 8.65.